The molecule has 0 bridgehead atoms. The second-order valence-corrected chi connectivity index (χ2v) is 4.79. The standard InChI is InChI=1S/C13H16ClN5O/c1-2-10(15)12-7-19(18-17-12)8-13(20)16-11-6-4-3-5-9(11)14/h3-7,10H,2,8,15H2,1H3,(H,16,20). The minimum Gasteiger partial charge on any atom is -0.323 e. The van der Waals surface area contributed by atoms with Gasteiger partial charge in [0.05, 0.1) is 28.6 Å². The smallest absolute Gasteiger partial charge is 0.246 e. The van der Waals surface area contributed by atoms with Crippen molar-refractivity contribution in [3.8, 4) is 0 Å². The number of rotatable bonds is 5. The average Bonchev–Trinajstić information content (AvgIpc) is 2.89. The van der Waals surface area contributed by atoms with Crippen LogP contribution in [0.3, 0.4) is 0 Å². The van der Waals surface area contributed by atoms with Gasteiger partial charge in [-0.05, 0) is 18.6 Å². The first-order valence-electron chi connectivity index (χ1n) is 6.30. The Kier molecular flexibility index (Phi) is 4.70. The monoisotopic (exact) mass is 293 g/mol. The number of para-hydroxylation sites is 1. The van der Waals surface area contributed by atoms with Gasteiger partial charge < -0.3 is 11.1 Å². The van der Waals surface area contributed by atoms with E-state index in [1.54, 1.807) is 30.5 Å². The van der Waals surface area contributed by atoms with Crippen molar-refractivity contribution in [1.29, 1.82) is 0 Å². The van der Waals surface area contributed by atoms with E-state index in [-0.39, 0.29) is 18.5 Å². The van der Waals surface area contributed by atoms with E-state index in [9.17, 15) is 4.79 Å². The first-order valence-corrected chi connectivity index (χ1v) is 6.68. The zero-order chi connectivity index (χ0) is 14.5. The second kappa shape index (κ2) is 6.49. The van der Waals surface area contributed by atoms with E-state index in [4.69, 9.17) is 17.3 Å². The highest BCUT2D eigenvalue weighted by Crippen LogP contribution is 2.20. The van der Waals surface area contributed by atoms with Crippen molar-refractivity contribution in [3.63, 3.8) is 0 Å². The Morgan fingerprint density at radius 3 is 2.95 bits per heavy atom. The van der Waals surface area contributed by atoms with Crippen LogP contribution in [0.2, 0.25) is 5.02 Å². The number of aromatic nitrogens is 3. The number of anilines is 1. The average molecular weight is 294 g/mol. The van der Waals surface area contributed by atoms with Gasteiger partial charge in [-0.25, -0.2) is 4.68 Å². The number of carbonyl (C=O) groups is 1. The normalized spacial score (nSPS) is 12.2. The SMILES string of the molecule is CCC(N)c1cn(CC(=O)Nc2ccccc2Cl)nn1. The molecule has 0 aliphatic carbocycles. The predicted octanol–water partition coefficient (Wildman–Crippen LogP) is 1.98. The zero-order valence-corrected chi connectivity index (χ0v) is 11.8. The molecule has 106 valence electrons. The fourth-order valence-corrected chi connectivity index (χ4v) is 1.85. The molecule has 0 aliphatic heterocycles. The Balaban J connectivity index is 1.98. The molecule has 1 heterocycles. The molecule has 7 heteroatoms. The minimum absolute atomic E-state index is 0.0641. The summed E-state index contributed by atoms with van der Waals surface area (Å²) in [6, 6.07) is 6.89. The number of halogens is 1. The van der Waals surface area contributed by atoms with E-state index < -0.39 is 0 Å². The number of carbonyl (C=O) groups excluding carboxylic acids is 1. The van der Waals surface area contributed by atoms with Crippen molar-refractivity contribution in [3.05, 3.63) is 41.2 Å². The lowest BCUT2D eigenvalue weighted by molar-refractivity contribution is -0.116. The third-order valence-corrected chi connectivity index (χ3v) is 3.16. The highest BCUT2D eigenvalue weighted by molar-refractivity contribution is 6.33. The van der Waals surface area contributed by atoms with Crippen molar-refractivity contribution in [2.75, 3.05) is 5.32 Å². The molecular weight excluding hydrogens is 278 g/mol. The number of hydrogen-bond acceptors (Lipinski definition) is 4. The van der Waals surface area contributed by atoms with Crippen molar-refractivity contribution in [2.45, 2.75) is 25.9 Å². The number of nitrogens with one attached hydrogen (secondary N) is 1. The summed E-state index contributed by atoms with van der Waals surface area (Å²) in [4.78, 5) is 11.9. The largest absolute Gasteiger partial charge is 0.323 e. The van der Waals surface area contributed by atoms with Crippen molar-refractivity contribution >= 4 is 23.2 Å². The molecule has 1 aromatic carbocycles. The molecule has 0 saturated heterocycles. The summed E-state index contributed by atoms with van der Waals surface area (Å²) in [5, 5.41) is 11.0. The summed E-state index contributed by atoms with van der Waals surface area (Å²) in [6.45, 7) is 2.03. The fourth-order valence-electron chi connectivity index (χ4n) is 1.67. The van der Waals surface area contributed by atoms with Crippen LogP contribution < -0.4 is 11.1 Å². The molecule has 1 atom stereocenters. The topological polar surface area (TPSA) is 85.8 Å². The number of nitrogens with zero attached hydrogens (tertiary/aromatic N) is 3. The van der Waals surface area contributed by atoms with Gasteiger partial charge in [0, 0.05) is 0 Å². The van der Waals surface area contributed by atoms with Crippen LogP contribution >= 0.6 is 11.6 Å². The summed E-state index contributed by atoms with van der Waals surface area (Å²) >= 11 is 5.97. The van der Waals surface area contributed by atoms with E-state index in [1.807, 2.05) is 6.92 Å². The molecule has 1 aromatic heterocycles. The molecule has 6 nitrogen and oxygen atoms in total. The van der Waals surface area contributed by atoms with Crippen LogP contribution in [-0.4, -0.2) is 20.9 Å². The van der Waals surface area contributed by atoms with Crippen molar-refractivity contribution < 1.29 is 4.79 Å². The van der Waals surface area contributed by atoms with Gasteiger partial charge in [-0.1, -0.05) is 35.9 Å². The van der Waals surface area contributed by atoms with Gasteiger partial charge in [0.2, 0.25) is 5.91 Å². The highest BCUT2D eigenvalue weighted by atomic mass is 35.5. The lowest BCUT2D eigenvalue weighted by atomic mass is 10.2. The maximum Gasteiger partial charge on any atom is 0.246 e. The van der Waals surface area contributed by atoms with E-state index in [0.29, 0.717) is 16.4 Å². The molecule has 1 amide bonds. The van der Waals surface area contributed by atoms with Gasteiger partial charge in [-0.3, -0.25) is 4.79 Å². The van der Waals surface area contributed by atoms with Crippen LogP contribution in [0.1, 0.15) is 25.1 Å². The van der Waals surface area contributed by atoms with Gasteiger partial charge in [0.15, 0.2) is 0 Å². The van der Waals surface area contributed by atoms with Crippen LogP contribution in [-0.2, 0) is 11.3 Å². The molecule has 0 saturated carbocycles. The van der Waals surface area contributed by atoms with Gasteiger partial charge in [-0.15, -0.1) is 5.10 Å². The molecule has 0 aliphatic rings. The molecule has 0 spiro atoms. The second-order valence-electron chi connectivity index (χ2n) is 4.38. The molecule has 1 unspecified atom stereocenters. The Bertz CT molecular complexity index is 598. The van der Waals surface area contributed by atoms with Crippen LogP contribution in [0, 0.1) is 0 Å². The first kappa shape index (κ1) is 14.5. The van der Waals surface area contributed by atoms with E-state index in [1.165, 1.54) is 4.68 Å². The molecule has 0 fully saturated rings. The summed E-state index contributed by atoms with van der Waals surface area (Å²) in [5.41, 5.74) is 7.10. The van der Waals surface area contributed by atoms with Crippen LogP contribution in [0.25, 0.3) is 0 Å². The number of nitrogens with two attached hydrogens (primary N) is 1. The molecular formula is C13H16ClN5O. The van der Waals surface area contributed by atoms with Crippen LogP contribution in [0.4, 0.5) is 5.69 Å². The maximum absolute atomic E-state index is 11.9. The number of benzene rings is 1. The minimum atomic E-state index is -0.223. The summed E-state index contributed by atoms with van der Waals surface area (Å²) in [6.07, 6.45) is 2.45. The van der Waals surface area contributed by atoms with E-state index >= 15 is 0 Å². The first-order chi connectivity index (χ1) is 9.60. The Morgan fingerprint density at radius 2 is 2.25 bits per heavy atom. The Morgan fingerprint density at radius 1 is 1.50 bits per heavy atom. The van der Waals surface area contributed by atoms with E-state index in [0.717, 1.165) is 6.42 Å². The lowest BCUT2D eigenvalue weighted by Crippen LogP contribution is -2.19. The van der Waals surface area contributed by atoms with E-state index in [2.05, 4.69) is 15.6 Å². The lowest BCUT2D eigenvalue weighted by Gasteiger charge is -2.06. The Labute approximate surface area is 121 Å². The molecule has 2 rings (SSSR count). The molecule has 2 aromatic rings. The fraction of sp³-hybridized carbons (Fsp3) is 0.308. The summed E-state index contributed by atoms with van der Waals surface area (Å²) in [5.74, 6) is -0.223. The van der Waals surface area contributed by atoms with Crippen LogP contribution in [0.5, 0.6) is 0 Å². The molecule has 20 heavy (non-hydrogen) atoms. The van der Waals surface area contributed by atoms with Crippen molar-refractivity contribution in [1.82, 2.24) is 15.0 Å². The highest BCUT2D eigenvalue weighted by Gasteiger charge is 2.11. The predicted molar refractivity (Wildman–Crippen MR) is 77.3 cm³/mol. The van der Waals surface area contributed by atoms with Gasteiger partial charge in [-0.2, -0.15) is 0 Å². The third-order valence-electron chi connectivity index (χ3n) is 2.83. The number of amides is 1. The van der Waals surface area contributed by atoms with Gasteiger partial charge in [0.25, 0.3) is 0 Å². The Hall–Kier alpha value is -1.92. The maximum atomic E-state index is 11.9. The molecule has 0 radical (unpaired) electrons. The van der Waals surface area contributed by atoms with Crippen molar-refractivity contribution in [2.24, 2.45) is 5.73 Å². The quantitative estimate of drug-likeness (QED) is 0.882. The van der Waals surface area contributed by atoms with Crippen LogP contribution in [0.15, 0.2) is 30.5 Å². The third kappa shape index (κ3) is 3.55. The van der Waals surface area contributed by atoms with Gasteiger partial charge in [0.1, 0.15) is 6.54 Å². The number of hydrogen-bond donors (Lipinski definition) is 2. The molecule has 3 N–H and O–H groups in total. The van der Waals surface area contributed by atoms with Gasteiger partial charge >= 0.3 is 0 Å². The summed E-state index contributed by atoms with van der Waals surface area (Å²) < 4.78 is 1.46. The zero-order valence-electron chi connectivity index (χ0n) is 11.1. The summed E-state index contributed by atoms with van der Waals surface area (Å²) in [7, 11) is 0.